The Morgan fingerprint density at radius 1 is 1.00 bits per heavy atom. The molecule has 124 valence electrons. The van der Waals surface area contributed by atoms with Crippen molar-refractivity contribution in [2.75, 3.05) is 19.6 Å². The predicted molar refractivity (Wildman–Crippen MR) is 92.8 cm³/mol. The monoisotopic (exact) mass is 294 g/mol. The first kappa shape index (κ1) is 17.3. The molecule has 1 atom stereocenters. The minimum Gasteiger partial charge on any atom is -0.310 e. The molecule has 1 unspecified atom stereocenters. The first-order valence-electron chi connectivity index (χ1n) is 9.75. The molecule has 1 saturated carbocycles. The maximum Gasteiger partial charge on any atom is 0.0308 e. The molecule has 1 saturated heterocycles. The molecule has 1 aliphatic heterocycles. The second-order valence-electron chi connectivity index (χ2n) is 7.64. The van der Waals surface area contributed by atoms with Gasteiger partial charge in [0.25, 0.3) is 0 Å². The van der Waals surface area contributed by atoms with Crippen LogP contribution in [0.2, 0.25) is 0 Å². The summed E-state index contributed by atoms with van der Waals surface area (Å²) in [6.07, 6.45) is 17.0. The van der Waals surface area contributed by atoms with E-state index >= 15 is 0 Å². The minimum absolute atomic E-state index is 0.478. The third-order valence-electron chi connectivity index (χ3n) is 5.80. The first-order chi connectivity index (χ1) is 10.3. The Morgan fingerprint density at radius 3 is 2.38 bits per heavy atom. The summed E-state index contributed by atoms with van der Waals surface area (Å²) >= 11 is 0. The molecule has 1 N–H and O–H groups in total. The van der Waals surface area contributed by atoms with Gasteiger partial charge in [-0.3, -0.25) is 4.90 Å². The topological polar surface area (TPSA) is 15.3 Å². The Kier molecular flexibility index (Phi) is 7.53. The number of rotatable bonds is 8. The zero-order valence-electron chi connectivity index (χ0n) is 14.6. The number of nitrogens with zero attached hydrogens (tertiary/aromatic N) is 1. The molecule has 0 aromatic heterocycles. The standard InChI is InChI=1S/C19H38N2/c1-3-4-5-6-7-8-11-16-21-17-19(13-9-10-14-19)20-15-12-18(21)2/h18,20H,3-17H2,1-2H3. The van der Waals surface area contributed by atoms with Gasteiger partial charge in [-0.15, -0.1) is 0 Å². The minimum atomic E-state index is 0.478. The van der Waals surface area contributed by atoms with Gasteiger partial charge in [0.15, 0.2) is 0 Å². The second-order valence-corrected chi connectivity index (χ2v) is 7.64. The lowest BCUT2D eigenvalue weighted by Crippen LogP contribution is -2.50. The van der Waals surface area contributed by atoms with E-state index in [0.717, 1.165) is 6.04 Å². The van der Waals surface area contributed by atoms with Crippen molar-refractivity contribution in [1.29, 1.82) is 0 Å². The smallest absolute Gasteiger partial charge is 0.0308 e. The summed E-state index contributed by atoms with van der Waals surface area (Å²) in [4.78, 5) is 2.80. The van der Waals surface area contributed by atoms with Gasteiger partial charge in [-0.2, -0.15) is 0 Å². The van der Waals surface area contributed by atoms with E-state index in [0.29, 0.717) is 5.54 Å². The SMILES string of the molecule is CCCCCCCCCN1CC2(CCCC2)NCCC1C. The average molecular weight is 295 g/mol. The zero-order valence-corrected chi connectivity index (χ0v) is 14.6. The van der Waals surface area contributed by atoms with Gasteiger partial charge in [0.2, 0.25) is 0 Å². The van der Waals surface area contributed by atoms with Crippen LogP contribution in [0.1, 0.15) is 90.9 Å². The molecule has 21 heavy (non-hydrogen) atoms. The van der Waals surface area contributed by atoms with E-state index in [1.54, 1.807) is 0 Å². The third-order valence-corrected chi connectivity index (χ3v) is 5.80. The summed E-state index contributed by atoms with van der Waals surface area (Å²) in [7, 11) is 0. The van der Waals surface area contributed by atoms with Crippen LogP contribution in [0, 0.1) is 0 Å². The van der Waals surface area contributed by atoms with Crippen LogP contribution in [-0.2, 0) is 0 Å². The fourth-order valence-electron chi connectivity index (χ4n) is 4.29. The third kappa shape index (κ3) is 5.56. The summed E-state index contributed by atoms with van der Waals surface area (Å²) in [6.45, 7) is 8.61. The van der Waals surface area contributed by atoms with Crippen molar-refractivity contribution >= 4 is 0 Å². The van der Waals surface area contributed by atoms with Crippen LogP contribution in [0.4, 0.5) is 0 Å². The Morgan fingerprint density at radius 2 is 1.67 bits per heavy atom. The highest BCUT2D eigenvalue weighted by molar-refractivity contribution is 4.98. The summed E-state index contributed by atoms with van der Waals surface area (Å²) in [6, 6.07) is 0.776. The van der Waals surface area contributed by atoms with E-state index in [9.17, 15) is 0 Å². The number of nitrogens with one attached hydrogen (secondary N) is 1. The normalized spacial score (nSPS) is 26.3. The maximum absolute atomic E-state index is 3.90. The predicted octanol–water partition coefficient (Wildman–Crippen LogP) is 4.73. The molecule has 0 bridgehead atoms. The second kappa shape index (κ2) is 9.15. The van der Waals surface area contributed by atoms with Crippen LogP contribution >= 0.6 is 0 Å². The van der Waals surface area contributed by atoms with Crippen molar-refractivity contribution in [3.63, 3.8) is 0 Å². The lowest BCUT2D eigenvalue weighted by atomic mass is 9.97. The van der Waals surface area contributed by atoms with Crippen molar-refractivity contribution in [2.24, 2.45) is 0 Å². The van der Waals surface area contributed by atoms with Crippen LogP contribution in [-0.4, -0.2) is 36.1 Å². The maximum atomic E-state index is 3.90. The van der Waals surface area contributed by atoms with Gasteiger partial charge in [-0.05, 0) is 45.7 Å². The van der Waals surface area contributed by atoms with Crippen molar-refractivity contribution in [2.45, 2.75) is 102 Å². The molecule has 0 amide bonds. The first-order valence-corrected chi connectivity index (χ1v) is 9.75. The van der Waals surface area contributed by atoms with Crippen molar-refractivity contribution in [1.82, 2.24) is 10.2 Å². The van der Waals surface area contributed by atoms with Gasteiger partial charge in [0, 0.05) is 18.1 Å². The fraction of sp³-hybridized carbons (Fsp3) is 1.00. The highest BCUT2D eigenvalue weighted by atomic mass is 15.2. The molecule has 2 heteroatoms. The van der Waals surface area contributed by atoms with Crippen LogP contribution in [0.15, 0.2) is 0 Å². The van der Waals surface area contributed by atoms with Gasteiger partial charge in [0.1, 0.15) is 0 Å². The molecular formula is C19H38N2. The van der Waals surface area contributed by atoms with Crippen LogP contribution in [0.5, 0.6) is 0 Å². The zero-order chi connectivity index (χ0) is 15.0. The van der Waals surface area contributed by atoms with E-state index < -0.39 is 0 Å². The summed E-state index contributed by atoms with van der Waals surface area (Å²) in [5.74, 6) is 0. The summed E-state index contributed by atoms with van der Waals surface area (Å²) in [5, 5.41) is 3.90. The molecular weight excluding hydrogens is 256 g/mol. The molecule has 0 aromatic carbocycles. The lowest BCUT2D eigenvalue weighted by Gasteiger charge is -2.35. The average Bonchev–Trinajstić information content (AvgIpc) is 2.87. The largest absolute Gasteiger partial charge is 0.310 e. The Hall–Kier alpha value is -0.0800. The van der Waals surface area contributed by atoms with Crippen LogP contribution in [0.3, 0.4) is 0 Å². The lowest BCUT2D eigenvalue weighted by molar-refractivity contribution is 0.165. The molecule has 1 aliphatic carbocycles. The molecule has 2 fully saturated rings. The van der Waals surface area contributed by atoms with Gasteiger partial charge in [-0.25, -0.2) is 0 Å². The summed E-state index contributed by atoms with van der Waals surface area (Å²) in [5.41, 5.74) is 0.478. The molecule has 2 aliphatic rings. The van der Waals surface area contributed by atoms with Crippen molar-refractivity contribution < 1.29 is 0 Å². The number of hydrogen-bond donors (Lipinski definition) is 1. The van der Waals surface area contributed by atoms with Gasteiger partial charge in [-0.1, -0.05) is 58.3 Å². The van der Waals surface area contributed by atoms with Crippen LogP contribution in [0.25, 0.3) is 0 Å². The van der Waals surface area contributed by atoms with Gasteiger partial charge >= 0.3 is 0 Å². The van der Waals surface area contributed by atoms with E-state index in [1.807, 2.05) is 0 Å². The molecule has 0 aromatic rings. The number of unbranched alkanes of at least 4 members (excludes halogenated alkanes) is 6. The molecule has 1 heterocycles. The van der Waals surface area contributed by atoms with Gasteiger partial charge in [0.05, 0.1) is 0 Å². The van der Waals surface area contributed by atoms with Gasteiger partial charge < -0.3 is 5.32 Å². The Balaban J connectivity index is 1.67. The number of hydrogen-bond acceptors (Lipinski definition) is 2. The molecule has 1 spiro atoms. The molecule has 2 nitrogen and oxygen atoms in total. The quantitative estimate of drug-likeness (QED) is 0.651. The summed E-state index contributed by atoms with van der Waals surface area (Å²) < 4.78 is 0. The van der Waals surface area contributed by atoms with Crippen LogP contribution < -0.4 is 5.32 Å². The Bertz CT molecular complexity index is 271. The van der Waals surface area contributed by atoms with Crippen molar-refractivity contribution in [3.05, 3.63) is 0 Å². The van der Waals surface area contributed by atoms with E-state index in [4.69, 9.17) is 0 Å². The highest BCUT2D eigenvalue weighted by Gasteiger charge is 2.37. The highest BCUT2D eigenvalue weighted by Crippen LogP contribution is 2.32. The van der Waals surface area contributed by atoms with E-state index in [-0.39, 0.29) is 0 Å². The van der Waals surface area contributed by atoms with E-state index in [2.05, 4.69) is 24.1 Å². The molecule has 0 radical (unpaired) electrons. The Labute approximate surface area is 133 Å². The molecule has 2 rings (SSSR count). The van der Waals surface area contributed by atoms with Crippen molar-refractivity contribution in [3.8, 4) is 0 Å². The fourth-order valence-corrected chi connectivity index (χ4v) is 4.29. The van der Waals surface area contributed by atoms with E-state index in [1.165, 1.54) is 96.7 Å².